The normalized spacial score (nSPS) is 13.7. The molecule has 0 saturated carbocycles. The summed E-state index contributed by atoms with van der Waals surface area (Å²) in [6.45, 7) is 4.12. The van der Waals surface area contributed by atoms with E-state index in [0.717, 1.165) is 18.5 Å². The van der Waals surface area contributed by atoms with E-state index in [1.54, 1.807) is 0 Å². The number of hydrogen-bond donors (Lipinski definition) is 1. The predicted molar refractivity (Wildman–Crippen MR) is 77.9 cm³/mol. The third kappa shape index (κ3) is 4.58. The molecule has 0 spiro atoms. The molecule has 98 valence electrons. The van der Waals surface area contributed by atoms with E-state index in [-0.39, 0.29) is 0 Å². The molecule has 0 aliphatic heterocycles. The van der Waals surface area contributed by atoms with Crippen molar-refractivity contribution in [3.63, 3.8) is 0 Å². The molecule has 0 radical (unpaired) electrons. The van der Waals surface area contributed by atoms with Gasteiger partial charge in [0.2, 0.25) is 0 Å². The van der Waals surface area contributed by atoms with Crippen molar-refractivity contribution in [2.24, 2.45) is 0 Å². The quantitative estimate of drug-likeness (QED) is 0.703. The summed E-state index contributed by atoms with van der Waals surface area (Å²) < 4.78 is 0. The Morgan fingerprint density at radius 2 is 2.00 bits per heavy atom. The first-order valence-corrected chi connectivity index (χ1v) is 6.93. The van der Waals surface area contributed by atoms with Gasteiger partial charge in [-0.2, -0.15) is 5.26 Å². The fourth-order valence-electron chi connectivity index (χ4n) is 1.91. The second kappa shape index (κ2) is 7.28. The Morgan fingerprint density at radius 1 is 1.28 bits per heavy atom. The Hall–Kier alpha value is -1.20. The molecule has 0 aliphatic rings. The minimum absolute atomic E-state index is 0.543. The Labute approximate surface area is 115 Å². The van der Waals surface area contributed by atoms with Gasteiger partial charge < -0.3 is 5.32 Å². The van der Waals surface area contributed by atoms with Gasteiger partial charge in [-0.15, -0.1) is 0 Å². The minimum atomic E-state index is -0.543. The number of unbranched alkanes of at least 4 members (excludes halogenated alkanes) is 3. The number of anilines is 1. The molecule has 0 aliphatic carbocycles. The second-order valence-electron chi connectivity index (χ2n) is 4.86. The summed E-state index contributed by atoms with van der Waals surface area (Å²) in [5.74, 6) is 0. The van der Waals surface area contributed by atoms with E-state index in [4.69, 9.17) is 11.6 Å². The molecule has 3 heteroatoms. The van der Waals surface area contributed by atoms with Crippen LogP contribution < -0.4 is 5.32 Å². The Balaban J connectivity index is 2.60. The van der Waals surface area contributed by atoms with Crippen LogP contribution in [0.15, 0.2) is 24.3 Å². The fraction of sp³-hybridized carbons (Fsp3) is 0.533. The van der Waals surface area contributed by atoms with Crippen LogP contribution in [0.25, 0.3) is 0 Å². The van der Waals surface area contributed by atoms with Crippen LogP contribution in [0.5, 0.6) is 0 Å². The zero-order valence-corrected chi connectivity index (χ0v) is 11.9. The first-order chi connectivity index (χ1) is 8.61. The van der Waals surface area contributed by atoms with E-state index in [0.29, 0.717) is 5.02 Å². The standard InChI is InChI=1S/C15H21ClN2/c1-3-4-5-8-11-15(2,12-17)18-14-10-7-6-9-13(14)16/h6-7,9-10,18H,3-5,8,11H2,1-2H3. The summed E-state index contributed by atoms with van der Waals surface area (Å²) >= 11 is 6.10. The molecule has 0 aromatic heterocycles. The zero-order chi connectivity index (χ0) is 13.4. The molecule has 0 saturated heterocycles. The summed E-state index contributed by atoms with van der Waals surface area (Å²) in [4.78, 5) is 0. The van der Waals surface area contributed by atoms with Gasteiger partial charge in [0.15, 0.2) is 0 Å². The summed E-state index contributed by atoms with van der Waals surface area (Å²) in [6, 6.07) is 9.91. The van der Waals surface area contributed by atoms with Crippen molar-refractivity contribution in [2.75, 3.05) is 5.32 Å². The van der Waals surface area contributed by atoms with Gasteiger partial charge in [0.05, 0.1) is 16.8 Å². The van der Waals surface area contributed by atoms with Crippen LogP contribution in [0.4, 0.5) is 5.69 Å². The van der Waals surface area contributed by atoms with Gasteiger partial charge in [0.25, 0.3) is 0 Å². The lowest BCUT2D eigenvalue weighted by molar-refractivity contribution is 0.528. The molecular weight excluding hydrogens is 244 g/mol. The lowest BCUT2D eigenvalue weighted by Crippen LogP contribution is -2.32. The lowest BCUT2D eigenvalue weighted by Gasteiger charge is -2.25. The van der Waals surface area contributed by atoms with Crippen molar-refractivity contribution in [1.29, 1.82) is 5.26 Å². The third-order valence-electron chi connectivity index (χ3n) is 3.06. The SMILES string of the molecule is CCCCCCC(C)(C#N)Nc1ccccc1Cl. The first kappa shape index (κ1) is 14.9. The first-order valence-electron chi connectivity index (χ1n) is 6.55. The van der Waals surface area contributed by atoms with Gasteiger partial charge >= 0.3 is 0 Å². The molecule has 1 atom stereocenters. The van der Waals surface area contributed by atoms with Crippen molar-refractivity contribution >= 4 is 17.3 Å². The summed E-state index contributed by atoms with van der Waals surface area (Å²) in [5, 5.41) is 13.3. The van der Waals surface area contributed by atoms with Gasteiger partial charge in [-0.25, -0.2) is 0 Å². The Morgan fingerprint density at radius 3 is 2.61 bits per heavy atom. The summed E-state index contributed by atoms with van der Waals surface area (Å²) in [5.41, 5.74) is 0.289. The van der Waals surface area contributed by atoms with Crippen molar-refractivity contribution in [2.45, 2.75) is 51.5 Å². The molecule has 2 nitrogen and oxygen atoms in total. The Bertz CT molecular complexity index is 411. The van der Waals surface area contributed by atoms with Crippen LogP contribution in [-0.2, 0) is 0 Å². The van der Waals surface area contributed by atoms with E-state index in [1.807, 2.05) is 31.2 Å². The molecule has 1 aromatic rings. The number of hydrogen-bond acceptors (Lipinski definition) is 2. The highest BCUT2D eigenvalue weighted by Gasteiger charge is 2.23. The molecule has 1 N–H and O–H groups in total. The largest absolute Gasteiger partial charge is 0.366 e. The molecule has 1 aromatic carbocycles. The number of nitrogens with one attached hydrogen (secondary N) is 1. The minimum Gasteiger partial charge on any atom is -0.366 e. The zero-order valence-electron chi connectivity index (χ0n) is 11.2. The molecule has 1 unspecified atom stereocenters. The molecule has 0 heterocycles. The number of benzene rings is 1. The number of rotatable bonds is 7. The van der Waals surface area contributed by atoms with Crippen LogP contribution in [0, 0.1) is 11.3 Å². The van der Waals surface area contributed by atoms with Crippen molar-refractivity contribution < 1.29 is 0 Å². The topological polar surface area (TPSA) is 35.8 Å². The molecule has 0 bridgehead atoms. The fourth-order valence-corrected chi connectivity index (χ4v) is 2.09. The average molecular weight is 265 g/mol. The van der Waals surface area contributed by atoms with Crippen LogP contribution >= 0.6 is 11.6 Å². The van der Waals surface area contributed by atoms with Crippen LogP contribution in [0.1, 0.15) is 46.0 Å². The maximum atomic E-state index is 9.34. The molecule has 1 rings (SSSR count). The van der Waals surface area contributed by atoms with E-state index in [9.17, 15) is 5.26 Å². The number of halogens is 1. The molecule has 18 heavy (non-hydrogen) atoms. The van der Waals surface area contributed by atoms with E-state index < -0.39 is 5.54 Å². The molecule has 0 amide bonds. The highest BCUT2D eigenvalue weighted by atomic mass is 35.5. The van der Waals surface area contributed by atoms with E-state index >= 15 is 0 Å². The van der Waals surface area contributed by atoms with Gasteiger partial charge in [0, 0.05) is 0 Å². The van der Waals surface area contributed by atoms with Crippen LogP contribution in [0.2, 0.25) is 5.02 Å². The highest BCUT2D eigenvalue weighted by molar-refractivity contribution is 6.33. The van der Waals surface area contributed by atoms with Crippen LogP contribution in [-0.4, -0.2) is 5.54 Å². The number of nitrogens with zero attached hydrogens (tertiary/aromatic N) is 1. The maximum Gasteiger partial charge on any atom is 0.122 e. The van der Waals surface area contributed by atoms with Crippen LogP contribution in [0.3, 0.4) is 0 Å². The van der Waals surface area contributed by atoms with Gasteiger partial charge in [-0.05, 0) is 25.5 Å². The van der Waals surface area contributed by atoms with Gasteiger partial charge in [-0.3, -0.25) is 0 Å². The average Bonchev–Trinajstić information content (AvgIpc) is 2.38. The number of nitriles is 1. The van der Waals surface area contributed by atoms with Crippen molar-refractivity contribution in [1.82, 2.24) is 0 Å². The van der Waals surface area contributed by atoms with E-state index in [2.05, 4.69) is 18.3 Å². The lowest BCUT2D eigenvalue weighted by atomic mass is 9.95. The smallest absolute Gasteiger partial charge is 0.122 e. The predicted octanol–water partition coefficient (Wildman–Crippen LogP) is 5.00. The molecular formula is C15H21ClN2. The summed E-state index contributed by atoms with van der Waals surface area (Å²) in [7, 11) is 0. The Kier molecular flexibility index (Phi) is 6.01. The third-order valence-corrected chi connectivity index (χ3v) is 3.39. The highest BCUT2D eigenvalue weighted by Crippen LogP contribution is 2.26. The second-order valence-corrected chi connectivity index (χ2v) is 5.27. The van der Waals surface area contributed by atoms with E-state index in [1.165, 1.54) is 19.3 Å². The number of para-hydroxylation sites is 1. The summed E-state index contributed by atoms with van der Waals surface area (Å²) in [6.07, 6.45) is 5.52. The molecule has 0 fully saturated rings. The van der Waals surface area contributed by atoms with Crippen molar-refractivity contribution in [3.8, 4) is 6.07 Å². The monoisotopic (exact) mass is 264 g/mol. The van der Waals surface area contributed by atoms with Crippen molar-refractivity contribution in [3.05, 3.63) is 29.3 Å². The van der Waals surface area contributed by atoms with Gasteiger partial charge in [0.1, 0.15) is 5.54 Å². The maximum absolute atomic E-state index is 9.34. The van der Waals surface area contributed by atoms with Gasteiger partial charge in [-0.1, -0.05) is 56.3 Å².